The quantitative estimate of drug-likeness (QED) is 0.837. The van der Waals surface area contributed by atoms with E-state index in [2.05, 4.69) is 31.5 Å². The summed E-state index contributed by atoms with van der Waals surface area (Å²) in [6.45, 7) is 0.942. The largest absolute Gasteiger partial charge is 0.384 e. The fourth-order valence-corrected chi connectivity index (χ4v) is 2.32. The van der Waals surface area contributed by atoms with Crippen LogP contribution in [0.5, 0.6) is 0 Å². The number of nitrogens with one attached hydrogen (secondary N) is 2. The first-order chi connectivity index (χ1) is 9.22. The van der Waals surface area contributed by atoms with Crippen molar-refractivity contribution >= 4 is 33.2 Å². The summed E-state index contributed by atoms with van der Waals surface area (Å²) in [6, 6.07) is 9.35. The van der Waals surface area contributed by atoms with Crippen molar-refractivity contribution in [3.8, 4) is 0 Å². The second-order valence-corrected chi connectivity index (χ2v) is 5.18. The summed E-state index contributed by atoms with van der Waals surface area (Å²) in [5.41, 5.74) is 3.65. The smallest absolute Gasteiger partial charge is 0.255 e. The molecule has 96 valence electrons. The minimum Gasteiger partial charge on any atom is -0.384 e. The second-order valence-electron chi connectivity index (χ2n) is 4.37. The van der Waals surface area contributed by atoms with E-state index < -0.39 is 0 Å². The Morgan fingerprint density at radius 2 is 2.21 bits per heavy atom. The molecule has 5 heteroatoms. The Morgan fingerprint density at radius 1 is 1.32 bits per heavy atom. The van der Waals surface area contributed by atoms with Gasteiger partial charge >= 0.3 is 0 Å². The van der Waals surface area contributed by atoms with Crippen molar-refractivity contribution in [2.45, 2.75) is 6.42 Å². The van der Waals surface area contributed by atoms with Gasteiger partial charge in [-0.3, -0.25) is 4.79 Å². The lowest BCUT2D eigenvalue weighted by atomic mass is 10.1. The van der Waals surface area contributed by atoms with Gasteiger partial charge in [0, 0.05) is 17.8 Å². The van der Waals surface area contributed by atoms with E-state index in [9.17, 15) is 4.79 Å². The van der Waals surface area contributed by atoms with Crippen LogP contribution >= 0.6 is 15.9 Å². The van der Waals surface area contributed by atoms with Crippen LogP contribution in [0, 0.1) is 0 Å². The van der Waals surface area contributed by atoms with Crippen LogP contribution in [-0.4, -0.2) is 17.4 Å². The van der Waals surface area contributed by atoms with E-state index in [-0.39, 0.29) is 5.91 Å². The SMILES string of the molecule is O=C(Nc1ccc(Br)nc1)c1ccc2c(c1)NCC2. The lowest BCUT2D eigenvalue weighted by Gasteiger charge is -2.07. The second kappa shape index (κ2) is 5.01. The fraction of sp³-hybridized carbons (Fsp3) is 0.143. The van der Waals surface area contributed by atoms with Crippen LogP contribution in [0.3, 0.4) is 0 Å². The molecule has 1 aliphatic heterocycles. The molecule has 1 aromatic carbocycles. The minimum absolute atomic E-state index is 0.124. The maximum atomic E-state index is 12.1. The van der Waals surface area contributed by atoms with Crippen LogP contribution < -0.4 is 10.6 Å². The Bertz CT molecular complexity index is 625. The number of amides is 1. The monoisotopic (exact) mass is 317 g/mol. The summed E-state index contributed by atoms with van der Waals surface area (Å²) in [6.07, 6.45) is 2.64. The van der Waals surface area contributed by atoms with Crippen molar-refractivity contribution in [2.24, 2.45) is 0 Å². The summed E-state index contributed by atoms with van der Waals surface area (Å²) in [5.74, 6) is -0.124. The topological polar surface area (TPSA) is 54.0 Å². The van der Waals surface area contributed by atoms with Gasteiger partial charge in [0.05, 0.1) is 11.9 Å². The first kappa shape index (κ1) is 12.2. The third-order valence-corrected chi connectivity index (χ3v) is 3.54. The molecular weight excluding hydrogens is 306 g/mol. The third-order valence-electron chi connectivity index (χ3n) is 3.07. The highest BCUT2D eigenvalue weighted by atomic mass is 79.9. The Morgan fingerprint density at radius 3 is 3.00 bits per heavy atom. The Balaban J connectivity index is 1.78. The van der Waals surface area contributed by atoms with Crippen LogP contribution in [0.15, 0.2) is 41.1 Å². The molecule has 0 spiro atoms. The highest BCUT2D eigenvalue weighted by Gasteiger charge is 2.13. The van der Waals surface area contributed by atoms with Crippen molar-refractivity contribution in [1.29, 1.82) is 0 Å². The summed E-state index contributed by atoms with van der Waals surface area (Å²) in [4.78, 5) is 16.2. The predicted molar refractivity (Wildman–Crippen MR) is 78.5 cm³/mol. The number of nitrogens with zero attached hydrogens (tertiary/aromatic N) is 1. The maximum Gasteiger partial charge on any atom is 0.255 e. The molecule has 0 saturated heterocycles. The summed E-state index contributed by atoms with van der Waals surface area (Å²) < 4.78 is 0.743. The van der Waals surface area contributed by atoms with Crippen LogP contribution in [0.1, 0.15) is 15.9 Å². The van der Waals surface area contributed by atoms with Gasteiger partial charge in [-0.15, -0.1) is 0 Å². The van der Waals surface area contributed by atoms with Crippen molar-refractivity contribution in [3.05, 3.63) is 52.3 Å². The van der Waals surface area contributed by atoms with Gasteiger partial charge in [0.1, 0.15) is 4.60 Å². The van der Waals surface area contributed by atoms with Gasteiger partial charge in [-0.05, 0) is 52.2 Å². The van der Waals surface area contributed by atoms with Gasteiger partial charge in [-0.2, -0.15) is 0 Å². The highest BCUT2D eigenvalue weighted by molar-refractivity contribution is 9.10. The summed E-state index contributed by atoms with van der Waals surface area (Å²) in [7, 11) is 0. The van der Waals surface area contributed by atoms with Crippen molar-refractivity contribution < 1.29 is 4.79 Å². The molecular formula is C14H12BrN3O. The molecule has 3 rings (SSSR count). The van der Waals surface area contributed by atoms with E-state index in [1.54, 1.807) is 18.3 Å². The van der Waals surface area contributed by atoms with Gasteiger partial charge in [-0.1, -0.05) is 6.07 Å². The van der Waals surface area contributed by atoms with Crippen LogP contribution in [0.2, 0.25) is 0 Å². The van der Waals surface area contributed by atoms with E-state index in [0.29, 0.717) is 11.3 Å². The molecule has 0 aliphatic carbocycles. The van der Waals surface area contributed by atoms with Crippen LogP contribution in [0.4, 0.5) is 11.4 Å². The highest BCUT2D eigenvalue weighted by Crippen LogP contribution is 2.23. The molecule has 1 aromatic heterocycles. The van der Waals surface area contributed by atoms with E-state index in [1.807, 2.05) is 18.2 Å². The Hall–Kier alpha value is -1.88. The number of hydrogen-bond donors (Lipinski definition) is 2. The maximum absolute atomic E-state index is 12.1. The summed E-state index contributed by atoms with van der Waals surface area (Å²) >= 11 is 3.26. The number of carbonyl (C=O) groups excluding carboxylic acids is 1. The van der Waals surface area contributed by atoms with E-state index in [0.717, 1.165) is 23.3 Å². The minimum atomic E-state index is -0.124. The van der Waals surface area contributed by atoms with Crippen LogP contribution in [-0.2, 0) is 6.42 Å². The van der Waals surface area contributed by atoms with Crippen LogP contribution in [0.25, 0.3) is 0 Å². The number of halogens is 1. The lowest BCUT2D eigenvalue weighted by molar-refractivity contribution is 0.102. The number of benzene rings is 1. The molecule has 0 unspecified atom stereocenters. The third kappa shape index (κ3) is 2.61. The van der Waals surface area contributed by atoms with E-state index >= 15 is 0 Å². The standard InChI is InChI=1S/C14H12BrN3O/c15-13-4-3-11(8-17-13)18-14(19)10-2-1-9-5-6-16-12(9)7-10/h1-4,7-8,16H,5-6H2,(H,18,19). The zero-order chi connectivity index (χ0) is 13.2. The van der Waals surface area contributed by atoms with Gasteiger partial charge in [-0.25, -0.2) is 4.98 Å². The van der Waals surface area contributed by atoms with E-state index in [1.165, 1.54) is 5.56 Å². The first-order valence-electron chi connectivity index (χ1n) is 6.02. The number of pyridine rings is 1. The van der Waals surface area contributed by atoms with Gasteiger partial charge in [0.25, 0.3) is 5.91 Å². The molecule has 0 fully saturated rings. The Labute approximate surface area is 119 Å². The number of rotatable bonds is 2. The zero-order valence-corrected chi connectivity index (χ0v) is 11.7. The molecule has 4 nitrogen and oxygen atoms in total. The molecule has 1 amide bonds. The molecule has 2 heterocycles. The normalized spacial score (nSPS) is 12.7. The van der Waals surface area contributed by atoms with E-state index in [4.69, 9.17) is 0 Å². The Kier molecular flexibility index (Phi) is 3.21. The molecule has 19 heavy (non-hydrogen) atoms. The lowest BCUT2D eigenvalue weighted by Crippen LogP contribution is -2.12. The van der Waals surface area contributed by atoms with Gasteiger partial charge in [0.15, 0.2) is 0 Å². The molecule has 1 aliphatic rings. The van der Waals surface area contributed by atoms with Crippen molar-refractivity contribution in [3.63, 3.8) is 0 Å². The van der Waals surface area contributed by atoms with Gasteiger partial charge in [0.2, 0.25) is 0 Å². The number of anilines is 2. The number of hydrogen-bond acceptors (Lipinski definition) is 3. The average Bonchev–Trinajstić information content (AvgIpc) is 2.88. The van der Waals surface area contributed by atoms with Gasteiger partial charge < -0.3 is 10.6 Å². The fourth-order valence-electron chi connectivity index (χ4n) is 2.09. The molecule has 0 radical (unpaired) electrons. The predicted octanol–water partition coefficient (Wildman–Crippen LogP) is 3.06. The van der Waals surface area contributed by atoms with Crippen molar-refractivity contribution in [1.82, 2.24) is 4.98 Å². The molecule has 0 atom stereocenters. The molecule has 0 bridgehead atoms. The zero-order valence-electron chi connectivity index (χ0n) is 10.1. The number of aromatic nitrogens is 1. The first-order valence-corrected chi connectivity index (χ1v) is 6.81. The molecule has 0 saturated carbocycles. The van der Waals surface area contributed by atoms with Crippen molar-refractivity contribution in [2.75, 3.05) is 17.2 Å². The number of carbonyl (C=O) groups is 1. The number of fused-ring (bicyclic) bond motifs is 1. The molecule has 2 N–H and O–H groups in total. The average molecular weight is 318 g/mol. The summed E-state index contributed by atoms with van der Waals surface area (Å²) in [5, 5.41) is 6.09. The molecule has 2 aromatic rings.